The monoisotopic (exact) mass is 276 g/mol. The number of aliphatic hydroxyl groups is 1. The maximum atomic E-state index is 9.94. The second kappa shape index (κ2) is 6.70. The zero-order chi connectivity index (χ0) is 14.7. The van der Waals surface area contributed by atoms with Crippen LogP contribution in [0, 0.1) is 12.8 Å². The Morgan fingerprint density at radius 3 is 2.70 bits per heavy atom. The maximum absolute atomic E-state index is 9.94. The summed E-state index contributed by atoms with van der Waals surface area (Å²) in [6.07, 6.45) is 1.65. The van der Waals surface area contributed by atoms with Crippen molar-refractivity contribution in [2.45, 2.75) is 51.8 Å². The molecule has 4 unspecified atom stereocenters. The van der Waals surface area contributed by atoms with Gasteiger partial charge in [-0.25, -0.2) is 0 Å². The van der Waals surface area contributed by atoms with Gasteiger partial charge in [-0.05, 0) is 36.8 Å². The highest BCUT2D eigenvalue weighted by Gasteiger charge is 2.32. The topological polar surface area (TPSA) is 49.5 Å². The Balaban J connectivity index is 2.27. The minimum absolute atomic E-state index is 0.138. The Kier molecular flexibility index (Phi) is 5.19. The number of piperidine rings is 1. The Morgan fingerprint density at radius 2 is 2.10 bits per heavy atom. The summed E-state index contributed by atoms with van der Waals surface area (Å²) in [6.45, 7) is 8.29. The molecule has 1 aromatic rings. The van der Waals surface area contributed by atoms with E-state index in [1.807, 2.05) is 0 Å². The van der Waals surface area contributed by atoms with Crippen molar-refractivity contribution < 1.29 is 5.11 Å². The lowest BCUT2D eigenvalue weighted by Crippen LogP contribution is -2.48. The molecule has 0 amide bonds. The highest BCUT2D eigenvalue weighted by molar-refractivity contribution is 5.30. The summed E-state index contributed by atoms with van der Waals surface area (Å²) in [7, 11) is 0. The van der Waals surface area contributed by atoms with Crippen LogP contribution in [0.15, 0.2) is 24.3 Å². The normalized spacial score (nSPS) is 27.2. The molecular formula is C17H28N2O. The van der Waals surface area contributed by atoms with Crippen molar-refractivity contribution in [1.29, 1.82) is 0 Å². The third-order valence-electron chi connectivity index (χ3n) is 4.67. The fourth-order valence-electron chi connectivity index (χ4n) is 3.26. The van der Waals surface area contributed by atoms with Gasteiger partial charge in [-0.1, -0.05) is 38.1 Å². The van der Waals surface area contributed by atoms with Gasteiger partial charge in [0.1, 0.15) is 0 Å². The van der Waals surface area contributed by atoms with Gasteiger partial charge in [0, 0.05) is 19.1 Å². The van der Waals surface area contributed by atoms with Crippen molar-refractivity contribution in [3.63, 3.8) is 0 Å². The van der Waals surface area contributed by atoms with Crippen LogP contribution in [0.1, 0.15) is 43.9 Å². The van der Waals surface area contributed by atoms with Gasteiger partial charge in [0.15, 0.2) is 0 Å². The highest BCUT2D eigenvalue weighted by Crippen LogP contribution is 2.31. The molecule has 1 aromatic carbocycles. The first-order valence-electron chi connectivity index (χ1n) is 7.77. The van der Waals surface area contributed by atoms with E-state index >= 15 is 0 Å². The van der Waals surface area contributed by atoms with Gasteiger partial charge in [0.2, 0.25) is 0 Å². The first-order valence-corrected chi connectivity index (χ1v) is 7.77. The van der Waals surface area contributed by atoms with E-state index in [0.717, 1.165) is 25.9 Å². The predicted octanol–water partition coefficient (Wildman–Crippen LogP) is 2.48. The molecule has 20 heavy (non-hydrogen) atoms. The van der Waals surface area contributed by atoms with Gasteiger partial charge in [0.05, 0.1) is 12.1 Å². The lowest BCUT2D eigenvalue weighted by Gasteiger charge is -2.42. The van der Waals surface area contributed by atoms with Crippen LogP contribution in [0.3, 0.4) is 0 Å². The molecule has 1 aliphatic rings. The van der Waals surface area contributed by atoms with Gasteiger partial charge < -0.3 is 10.8 Å². The molecule has 2 rings (SSSR count). The number of likely N-dealkylation sites (tertiary alicyclic amines) is 1. The molecule has 3 nitrogen and oxygen atoms in total. The zero-order valence-corrected chi connectivity index (χ0v) is 12.9. The quantitative estimate of drug-likeness (QED) is 0.888. The van der Waals surface area contributed by atoms with Crippen molar-refractivity contribution in [2.75, 3.05) is 13.1 Å². The third kappa shape index (κ3) is 3.22. The van der Waals surface area contributed by atoms with E-state index in [2.05, 4.69) is 49.9 Å². The van der Waals surface area contributed by atoms with Crippen LogP contribution in [0.2, 0.25) is 0 Å². The summed E-state index contributed by atoms with van der Waals surface area (Å²) in [5, 5.41) is 9.94. The molecule has 1 aliphatic heterocycles. The molecule has 1 fully saturated rings. The predicted molar refractivity (Wildman–Crippen MR) is 83.5 cm³/mol. The van der Waals surface area contributed by atoms with Crippen molar-refractivity contribution in [2.24, 2.45) is 11.7 Å². The van der Waals surface area contributed by atoms with Crippen LogP contribution in [-0.2, 0) is 0 Å². The average Bonchev–Trinajstić information content (AvgIpc) is 2.44. The molecule has 0 bridgehead atoms. The van der Waals surface area contributed by atoms with Gasteiger partial charge in [-0.15, -0.1) is 0 Å². The van der Waals surface area contributed by atoms with E-state index in [1.165, 1.54) is 11.1 Å². The number of rotatable bonds is 4. The summed E-state index contributed by atoms with van der Waals surface area (Å²) in [6, 6.07) is 8.93. The smallest absolute Gasteiger partial charge is 0.0590 e. The number of aryl methyl sites for hydroxylation is 1. The van der Waals surface area contributed by atoms with Crippen LogP contribution >= 0.6 is 0 Å². The molecule has 4 atom stereocenters. The van der Waals surface area contributed by atoms with E-state index in [1.54, 1.807) is 0 Å². The minimum Gasteiger partial charge on any atom is -0.393 e. The second-order valence-corrected chi connectivity index (χ2v) is 6.20. The minimum atomic E-state index is -0.165. The Labute approximate surface area is 122 Å². The SMILES string of the molecule is CCC(N)C(c1ccccc1C)N1CCC(O)C(C)C1. The summed E-state index contributed by atoms with van der Waals surface area (Å²) in [5.74, 6) is 0.319. The first kappa shape index (κ1) is 15.5. The highest BCUT2D eigenvalue weighted by atomic mass is 16.3. The molecule has 3 N–H and O–H groups in total. The summed E-state index contributed by atoms with van der Waals surface area (Å²) in [5.41, 5.74) is 9.07. The lowest BCUT2D eigenvalue weighted by atomic mass is 9.88. The summed E-state index contributed by atoms with van der Waals surface area (Å²) >= 11 is 0. The third-order valence-corrected chi connectivity index (χ3v) is 4.67. The van der Waals surface area contributed by atoms with Crippen LogP contribution in [0.25, 0.3) is 0 Å². The van der Waals surface area contributed by atoms with Gasteiger partial charge in [0.25, 0.3) is 0 Å². The fraction of sp³-hybridized carbons (Fsp3) is 0.647. The van der Waals surface area contributed by atoms with Crippen molar-refractivity contribution in [3.05, 3.63) is 35.4 Å². The molecule has 0 saturated carbocycles. The van der Waals surface area contributed by atoms with Crippen LogP contribution in [0.5, 0.6) is 0 Å². The average molecular weight is 276 g/mol. The van der Waals surface area contributed by atoms with Crippen molar-refractivity contribution >= 4 is 0 Å². The summed E-state index contributed by atoms with van der Waals surface area (Å²) in [4.78, 5) is 2.47. The zero-order valence-electron chi connectivity index (χ0n) is 12.9. The standard InChI is InChI=1S/C17H28N2O/c1-4-15(18)17(14-8-6-5-7-12(14)2)19-10-9-16(20)13(3)11-19/h5-8,13,15-17,20H,4,9-11,18H2,1-3H3. The largest absolute Gasteiger partial charge is 0.393 e. The number of aliphatic hydroxyl groups excluding tert-OH is 1. The molecule has 0 aromatic heterocycles. The molecular weight excluding hydrogens is 248 g/mol. The van der Waals surface area contributed by atoms with Crippen molar-refractivity contribution in [1.82, 2.24) is 4.90 Å². The molecule has 3 heteroatoms. The molecule has 0 aliphatic carbocycles. The number of hydrogen-bond donors (Lipinski definition) is 2. The number of benzene rings is 1. The number of nitrogens with two attached hydrogens (primary N) is 1. The maximum Gasteiger partial charge on any atom is 0.0590 e. The van der Waals surface area contributed by atoms with Crippen LogP contribution in [0.4, 0.5) is 0 Å². The van der Waals surface area contributed by atoms with Crippen molar-refractivity contribution in [3.8, 4) is 0 Å². The van der Waals surface area contributed by atoms with Crippen LogP contribution in [-0.4, -0.2) is 35.2 Å². The Hall–Kier alpha value is -0.900. The lowest BCUT2D eigenvalue weighted by molar-refractivity contribution is 0.0111. The first-order chi connectivity index (χ1) is 9.54. The Bertz CT molecular complexity index is 435. The van der Waals surface area contributed by atoms with E-state index in [9.17, 15) is 5.11 Å². The Morgan fingerprint density at radius 1 is 1.40 bits per heavy atom. The molecule has 1 saturated heterocycles. The molecule has 0 radical (unpaired) electrons. The van der Waals surface area contributed by atoms with Gasteiger partial charge in [-0.2, -0.15) is 0 Å². The van der Waals surface area contributed by atoms with E-state index in [0.29, 0.717) is 5.92 Å². The molecule has 1 heterocycles. The van der Waals surface area contributed by atoms with E-state index in [-0.39, 0.29) is 18.2 Å². The van der Waals surface area contributed by atoms with E-state index < -0.39 is 0 Å². The number of hydrogen-bond acceptors (Lipinski definition) is 3. The van der Waals surface area contributed by atoms with Gasteiger partial charge >= 0.3 is 0 Å². The molecule has 112 valence electrons. The molecule has 0 spiro atoms. The van der Waals surface area contributed by atoms with E-state index in [4.69, 9.17) is 5.73 Å². The second-order valence-electron chi connectivity index (χ2n) is 6.20. The summed E-state index contributed by atoms with van der Waals surface area (Å²) < 4.78 is 0. The number of nitrogens with zero attached hydrogens (tertiary/aromatic N) is 1. The van der Waals surface area contributed by atoms with Gasteiger partial charge in [-0.3, -0.25) is 4.90 Å². The van der Waals surface area contributed by atoms with Crippen LogP contribution < -0.4 is 5.73 Å². The fourth-order valence-corrected chi connectivity index (χ4v) is 3.26.